The highest BCUT2D eigenvalue weighted by atomic mass is 16.4. The van der Waals surface area contributed by atoms with Gasteiger partial charge in [0.15, 0.2) is 0 Å². The zero-order valence-electron chi connectivity index (χ0n) is 34.2. The summed E-state index contributed by atoms with van der Waals surface area (Å²) in [4.78, 5) is 11.9. The maximum Gasteiger partial charge on any atom is 0.303 e. The summed E-state index contributed by atoms with van der Waals surface area (Å²) in [7, 11) is 0. The van der Waals surface area contributed by atoms with Gasteiger partial charge in [-0.25, -0.2) is 0 Å². The molecule has 0 aromatic heterocycles. The van der Waals surface area contributed by atoms with Crippen LogP contribution in [-0.2, 0) is 17.6 Å². The van der Waals surface area contributed by atoms with Gasteiger partial charge >= 0.3 is 5.97 Å². The van der Waals surface area contributed by atoms with E-state index in [1.165, 1.54) is 0 Å². The summed E-state index contributed by atoms with van der Waals surface area (Å²) in [5.74, 6) is 6.06. The highest BCUT2D eigenvalue weighted by Gasteiger charge is 2.35. The Morgan fingerprint density at radius 3 is 2.49 bits per heavy atom. The molecule has 10 heteroatoms. The largest absolute Gasteiger partial charge is 0.508 e. The maximum absolute atomic E-state index is 12.3. The minimum Gasteiger partial charge on any atom is -0.508 e. The van der Waals surface area contributed by atoms with Crippen molar-refractivity contribution in [2.75, 3.05) is 6.61 Å². The third-order valence-corrected chi connectivity index (χ3v) is 11.8. The van der Waals surface area contributed by atoms with Crippen LogP contribution in [0.2, 0.25) is 0 Å². The van der Waals surface area contributed by atoms with E-state index >= 15 is 0 Å². The van der Waals surface area contributed by atoms with Crippen molar-refractivity contribution in [3.8, 4) is 17.6 Å². The number of aliphatic hydroxyl groups excluding tert-OH is 4. The first-order valence-corrected chi connectivity index (χ1v) is 21.2. The van der Waals surface area contributed by atoms with Crippen LogP contribution >= 0.6 is 0 Å². The first-order chi connectivity index (χ1) is 27.3. The molecule has 4 rings (SSSR count). The number of nitrogens with one attached hydrogen (secondary N) is 2. The lowest BCUT2D eigenvalue weighted by atomic mass is 9.82. The van der Waals surface area contributed by atoms with E-state index in [4.69, 9.17) is 0 Å². The molecule has 9 unspecified atom stereocenters. The van der Waals surface area contributed by atoms with E-state index in [1.54, 1.807) is 37.3 Å². The first kappa shape index (κ1) is 46.2. The molecule has 0 bridgehead atoms. The Kier molecular flexibility index (Phi) is 18.8. The summed E-state index contributed by atoms with van der Waals surface area (Å²) < 4.78 is 0. The molecule has 1 saturated heterocycles. The van der Waals surface area contributed by atoms with Crippen LogP contribution in [0.3, 0.4) is 0 Å². The molecule has 2 aromatic rings. The third-order valence-electron chi connectivity index (χ3n) is 11.8. The number of aromatic hydroxyl groups is 1. The van der Waals surface area contributed by atoms with Gasteiger partial charge in [0, 0.05) is 49.0 Å². The number of phenols is 1. The number of unbranched alkanes of at least 4 members (excludes halogenated alkanes) is 1. The Morgan fingerprint density at radius 1 is 1.02 bits per heavy atom. The molecule has 9 atom stereocenters. The smallest absolute Gasteiger partial charge is 0.303 e. The fourth-order valence-corrected chi connectivity index (χ4v) is 8.48. The van der Waals surface area contributed by atoms with E-state index in [-0.39, 0.29) is 43.0 Å². The van der Waals surface area contributed by atoms with E-state index in [2.05, 4.69) is 29.4 Å². The van der Waals surface area contributed by atoms with Crippen molar-refractivity contribution < 1.29 is 40.5 Å². The van der Waals surface area contributed by atoms with Crippen molar-refractivity contribution >= 4 is 5.97 Å². The highest BCUT2D eigenvalue weighted by Crippen LogP contribution is 2.31. The van der Waals surface area contributed by atoms with Crippen LogP contribution in [0.15, 0.2) is 71.8 Å². The minimum atomic E-state index is -1.32. The Morgan fingerprint density at radius 2 is 1.77 bits per heavy atom. The molecule has 0 radical (unpaired) electrons. The number of allylic oxidation sites excluding steroid dienone is 2. The van der Waals surface area contributed by atoms with Gasteiger partial charge in [0.25, 0.3) is 0 Å². The Hall–Kier alpha value is -3.53. The molecule has 2 aliphatic rings. The van der Waals surface area contributed by atoms with Gasteiger partial charge in [0.05, 0.1) is 30.5 Å². The molecular formula is C47H68N2O8. The quantitative estimate of drug-likeness (QED) is 0.0851. The predicted molar refractivity (Wildman–Crippen MR) is 225 cm³/mol. The van der Waals surface area contributed by atoms with Crippen molar-refractivity contribution in [2.45, 2.75) is 165 Å². The fraction of sp³-hybridized carbons (Fsp3) is 0.596. The fourth-order valence-electron chi connectivity index (χ4n) is 8.48. The average molecular weight is 789 g/mol. The molecule has 9 N–H and O–H groups in total. The van der Waals surface area contributed by atoms with Crippen LogP contribution in [-0.4, -0.2) is 96.4 Å². The monoisotopic (exact) mass is 788 g/mol. The zero-order chi connectivity index (χ0) is 41.4. The number of carboxylic acid groups (broad SMARTS) is 1. The predicted octanol–water partition coefficient (Wildman–Crippen LogP) is 5.70. The first-order valence-electron chi connectivity index (χ1n) is 21.2. The molecule has 0 amide bonds. The molecule has 314 valence electrons. The normalized spacial score (nSPS) is 24.8. The molecule has 0 saturated carbocycles. The number of hydrogen-bond donors (Lipinski definition) is 9. The number of aliphatic carboxylic acids is 1. The van der Waals surface area contributed by atoms with Crippen LogP contribution in [0, 0.1) is 17.8 Å². The van der Waals surface area contributed by atoms with Gasteiger partial charge in [0.1, 0.15) is 5.75 Å². The lowest BCUT2D eigenvalue weighted by Gasteiger charge is -2.38. The molecule has 2 heterocycles. The van der Waals surface area contributed by atoms with Crippen LogP contribution in [0.4, 0.5) is 0 Å². The van der Waals surface area contributed by atoms with Gasteiger partial charge < -0.3 is 46.4 Å². The second kappa shape index (κ2) is 23.2. The van der Waals surface area contributed by atoms with Gasteiger partial charge in [-0.2, -0.15) is 0 Å². The minimum absolute atomic E-state index is 0.00353. The Balaban J connectivity index is 1.83. The molecule has 1 fully saturated rings. The van der Waals surface area contributed by atoms with E-state index in [1.807, 2.05) is 37.3 Å². The summed E-state index contributed by atoms with van der Waals surface area (Å²) in [5.41, 5.74) is 3.12. The number of benzene rings is 2. The topological polar surface area (TPSA) is 183 Å². The van der Waals surface area contributed by atoms with Crippen LogP contribution in [0.25, 0.3) is 0 Å². The van der Waals surface area contributed by atoms with Crippen LogP contribution in [0.1, 0.15) is 121 Å². The molecule has 0 aliphatic carbocycles. The molecule has 2 aliphatic heterocycles. The molecule has 0 spiro atoms. The molecule has 57 heavy (non-hydrogen) atoms. The lowest BCUT2D eigenvalue weighted by Crippen LogP contribution is -2.54. The van der Waals surface area contributed by atoms with Gasteiger partial charge in [-0.15, -0.1) is 0 Å². The number of carboxylic acids is 1. The maximum atomic E-state index is 12.3. The Bertz CT molecular complexity index is 1660. The standard InChI is InChI=1S/C47H68N2O8/c1-4-5-18-43(53)44(54)27-24-36-23-22-35-13-7-6-12-34(35)14-9-19-45(47(3,57)30-33-20-25-38(51)26-21-33)49-42(40(36)29-39(52)31-50)17-10-16-41-37(28-46(55)56)15-8-11-32(2)48-41/h6-7,12-13,20-21,24-27,32,37,39,41-45,48-54,57H,4-5,8,10-11,15-19,22-23,28-31H2,1-3H3,(H,55,56). The molecular weight excluding hydrogens is 721 g/mol. The van der Waals surface area contributed by atoms with E-state index in [0.29, 0.717) is 38.5 Å². The van der Waals surface area contributed by atoms with Gasteiger partial charge in [-0.05, 0) is 112 Å². The van der Waals surface area contributed by atoms with Gasteiger partial charge in [-0.3, -0.25) is 4.79 Å². The third kappa shape index (κ3) is 15.0. The summed E-state index contributed by atoms with van der Waals surface area (Å²) >= 11 is 0. The van der Waals surface area contributed by atoms with Crippen LogP contribution in [0.5, 0.6) is 5.75 Å². The highest BCUT2D eigenvalue weighted by molar-refractivity contribution is 5.67. The van der Waals surface area contributed by atoms with Crippen molar-refractivity contribution in [1.82, 2.24) is 10.6 Å². The van der Waals surface area contributed by atoms with E-state index in [9.17, 15) is 40.5 Å². The second-order valence-corrected chi connectivity index (χ2v) is 16.7. The number of aryl methyl sites for hydroxylation is 1. The number of fused-ring (bicyclic) bond motifs is 1. The number of carbonyl (C=O) groups is 1. The zero-order valence-corrected chi connectivity index (χ0v) is 34.2. The summed E-state index contributed by atoms with van der Waals surface area (Å²) in [6.07, 6.45) is 9.23. The summed E-state index contributed by atoms with van der Waals surface area (Å²) in [5, 5.41) is 82.7. The summed E-state index contributed by atoms with van der Waals surface area (Å²) in [6.45, 7) is 5.51. The number of rotatable bonds is 18. The second-order valence-electron chi connectivity index (χ2n) is 16.7. The van der Waals surface area contributed by atoms with E-state index < -0.39 is 48.6 Å². The molecule has 2 aromatic carbocycles. The van der Waals surface area contributed by atoms with Crippen LogP contribution < -0.4 is 10.6 Å². The number of aliphatic hydroxyl groups is 5. The number of phenolic OH excluding ortho intramolecular Hbond substituents is 1. The van der Waals surface area contributed by atoms with Crippen molar-refractivity contribution in [2.24, 2.45) is 5.92 Å². The summed E-state index contributed by atoms with van der Waals surface area (Å²) in [6, 6.07) is 14.0. The van der Waals surface area contributed by atoms with Crippen molar-refractivity contribution in [1.29, 1.82) is 0 Å². The van der Waals surface area contributed by atoms with Gasteiger partial charge in [0.2, 0.25) is 0 Å². The SMILES string of the molecule is CCCCC(O)C(O)C=CC1=C(CC(O)CO)C(CCCC2NC(C)CCCC2CC(=O)O)NC(C(C)(O)Cc2ccc(O)cc2)CC#Cc2ccccc2CC1. The van der Waals surface area contributed by atoms with E-state index in [0.717, 1.165) is 66.4 Å². The lowest BCUT2D eigenvalue weighted by molar-refractivity contribution is -0.138. The molecule has 10 nitrogen and oxygen atoms in total. The van der Waals surface area contributed by atoms with Crippen molar-refractivity contribution in [3.63, 3.8) is 0 Å². The average Bonchev–Trinajstić information content (AvgIpc) is 3.35. The Labute approximate surface area is 340 Å². The van der Waals surface area contributed by atoms with Gasteiger partial charge in [-0.1, -0.05) is 86.9 Å². The van der Waals surface area contributed by atoms with Crippen molar-refractivity contribution in [3.05, 3.63) is 88.5 Å². The number of hydrogen-bond acceptors (Lipinski definition) is 9.